The highest BCUT2D eigenvalue weighted by atomic mass is 79.9. The van der Waals surface area contributed by atoms with Crippen molar-refractivity contribution in [2.24, 2.45) is 0 Å². The summed E-state index contributed by atoms with van der Waals surface area (Å²) in [6.45, 7) is 4.41. The lowest BCUT2D eigenvalue weighted by molar-refractivity contribution is 0.103. The van der Waals surface area contributed by atoms with E-state index in [0.717, 1.165) is 16.0 Å². The van der Waals surface area contributed by atoms with Crippen LogP contribution in [0.3, 0.4) is 0 Å². The molecular weight excluding hydrogens is 336 g/mol. The van der Waals surface area contributed by atoms with Gasteiger partial charge in [0.2, 0.25) is 5.89 Å². The molecule has 114 valence electrons. The molecule has 2 atom stereocenters. The molecular formula is C15H19BrN2O3. The van der Waals surface area contributed by atoms with Crippen LogP contribution in [0.2, 0.25) is 0 Å². The van der Waals surface area contributed by atoms with Crippen LogP contribution in [0.1, 0.15) is 24.6 Å². The molecule has 0 radical (unpaired) electrons. The second-order valence-corrected chi connectivity index (χ2v) is 5.78. The number of halogens is 1. The number of hydrogen-bond donors (Lipinski definition) is 2. The summed E-state index contributed by atoms with van der Waals surface area (Å²) >= 11 is 3.37. The smallest absolute Gasteiger partial charge is 0.211 e. The second kappa shape index (κ2) is 7.59. The summed E-state index contributed by atoms with van der Waals surface area (Å²) < 4.78 is 11.9. The van der Waals surface area contributed by atoms with Crippen LogP contribution in [0.4, 0.5) is 0 Å². The summed E-state index contributed by atoms with van der Waals surface area (Å²) in [5, 5.41) is 13.1. The van der Waals surface area contributed by atoms with Crippen LogP contribution in [0.5, 0.6) is 5.75 Å². The zero-order valence-corrected chi connectivity index (χ0v) is 13.6. The highest BCUT2D eigenvalue weighted by Gasteiger charge is 2.13. The normalized spacial score (nSPS) is 13.9. The number of aliphatic hydroxyl groups excluding tert-OH is 1. The van der Waals surface area contributed by atoms with Gasteiger partial charge in [0.25, 0.3) is 0 Å². The number of nitrogens with one attached hydrogen (secondary N) is 1. The van der Waals surface area contributed by atoms with Crippen molar-refractivity contribution >= 4 is 15.9 Å². The van der Waals surface area contributed by atoms with Gasteiger partial charge in [0, 0.05) is 11.0 Å². The Labute approximate surface area is 132 Å². The summed E-state index contributed by atoms with van der Waals surface area (Å²) in [5.74, 6) is 2.12. The molecule has 0 spiro atoms. The molecule has 0 aliphatic heterocycles. The van der Waals surface area contributed by atoms with Crippen LogP contribution >= 0.6 is 15.9 Å². The van der Waals surface area contributed by atoms with Crippen molar-refractivity contribution in [3.8, 4) is 5.75 Å². The van der Waals surface area contributed by atoms with Gasteiger partial charge in [0.05, 0.1) is 12.2 Å². The highest BCUT2D eigenvalue weighted by Crippen LogP contribution is 2.18. The molecule has 0 aliphatic rings. The fourth-order valence-corrected chi connectivity index (χ4v) is 2.16. The van der Waals surface area contributed by atoms with Crippen LogP contribution in [-0.4, -0.2) is 29.3 Å². The number of hydrogen-bond acceptors (Lipinski definition) is 5. The van der Waals surface area contributed by atoms with E-state index in [4.69, 9.17) is 9.15 Å². The first kappa shape index (κ1) is 16.0. The van der Waals surface area contributed by atoms with Gasteiger partial charge in [-0.25, -0.2) is 4.98 Å². The van der Waals surface area contributed by atoms with Crippen molar-refractivity contribution in [1.82, 2.24) is 10.3 Å². The van der Waals surface area contributed by atoms with Crippen molar-refractivity contribution in [3.63, 3.8) is 0 Å². The summed E-state index contributed by atoms with van der Waals surface area (Å²) in [4.78, 5) is 4.15. The molecule has 0 bridgehead atoms. The Hall–Kier alpha value is -1.37. The Kier molecular flexibility index (Phi) is 5.78. The molecule has 2 rings (SSSR count). The Bertz CT molecular complexity index is 574. The van der Waals surface area contributed by atoms with E-state index in [1.807, 2.05) is 38.1 Å². The first-order valence-corrected chi connectivity index (χ1v) is 7.56. The van der Waals surface area contributed by atoms with E-state index in [1.54, 1.807) is 6.20 Å². The number of aromatic nitrogens is 1. The molecule has 1 heterocycles. The second-order valence-electron chi connectivity index (χ2n) is 4.86. The van der Waals surface area contributed by atoms with Crippen molar-refractivity contribution < 1.29 is 14.3 Å². The zero-order chi connectivity index (χ0) is 15.2. The van der Waals surface area contributed by atoms with Gasteiger partial charge in [-0.2, -0.15) is 0 Å². The molecule has 2 unspecified atom stereocenters. The monoisotopic (exact) mass is 354 g/mol. The average Bonchev–Trinajstić information content (AvgIpc) is 2.89. The van der Waals surface area contributed by atoms with Crippen molar-refractivity contribution in [1.29, 1.82) is 0 Å². The number of nitrogens with zero attached hydrogens (tertiary/aromatic N) is 1. The molecule has 0 aliphatic carbocycles. The molecule has 0 saturated heterocycles. The fraction of sp³-hybridized carbons (Fsp3) is 0.400. The maximum atomic E-state index is 9.93. The standard InChI is InChI=1S/C15H19BrN2O3/c1-10-7-18-15(21-10)11(2)17-8-13(19)9-20-14-5-3-4-12(16)6-14/h3-7,11,13,17,19H,8-9H2,1-2H3. The number of ether oxygens (including phenoxy) is 1. The first-order chi connectivity index (χ1) is 10.0. The minimum Gasteiger partial charge on any atom is -0.491 e. The molecule has 2 aromatic rings. The lowest BCUT2D eigenvalue weighted by atomic mass is 10.3. The van der Waals surface area contributed by atoms with Crippen LogP contribution in [0.15, 0.2) is 39.4 Å². The van der Waals surface area contributed by atoms with E-state index in [1.165, 1.54) is 0 Å². The van der Waals surface area contributed by atoms with Gasteiger partial charge in [-0.05, 0) is 32.0 Å². The largest absolute Gasteiger partial charge is 0.491 e. The number of aliphatic hydroxyl groups is 1. The van der Waals surface area contributed by atoms with E-state index >= 15 is 0 Å². The Balaban J connectivity index is 1.73. The molecule has 1 aromatic carbocycles. The first-order valence-electron chi connectivity index (χ1n) is 6.76. The third kappa shape index (κ3) is 5.15. The van der Waals surface area contributed by atoms with Crippen molar-refractivity contribution in [3.05, 3.63) is 46.6 Å². The predicted octanol–water partition coefficient (Wildman–Crippen LogP) is 2.84. The Morgan fingerprint density at radius 1 is 1.48 bits per heavy atom. The summed E-state index contributed by atoms with van der Waals surface area (Å²) in [6, 6.07) is 7.46. The van der Waals surface area contributed by atoms with Crippen molar-refractivity contribution in [2.75, 3.05) is 13.2 Å². The van der Waals surface area contributed by atoms with Crippen molar-refractivity contribution in [2.45, 2.75) is 26.0 Å². The van der Waals surface area contributed by atoms with Gasteiger partial charge in [-0.3, -0.25) is 0 Å². The molecule has 21 heavy (non-hydrogen) atoms. The fourth-order valence-electron chi connectivity index (χ4n) is 1.78. The van der Waals surface area contributed by atoms with Gasteiger partial charge in [-0.15, -0.1) is 0 Å². The molecule has 0 saturated carbocycles. The summed E-state index contributed by atoms with van der Waals surface area (Å²) in [6.07, 6.45) is 1.07. The topological polar surface area (TPSA) is 67.5 Å². The summed E-state index contributed by atoms with van der Waals surface area (Å²) in [5.41, 5.74) is 0. The SMILES string of the molecule is Cc1cnc(C(C)NCC(O)COc2cccc(Br)c2)o1. The van der Waals surface area contributed by atoms with E-state index < -0.39 is 6.10 Å². The predicted molar refractivity (Wildman–Crippen MR) is 83.3 cm³/mol. The van der Waals surface area contributed by atoms with E-state index in [-0.39, 0.29) is 12.6 Å². The Morgan fingerprint density at radius 2 is 2.29 bits per heavy atom. The van der Waals surface area contributed by atoms with E-state index in [2.05, 4.69) is 26.2 Å². The molecule has 6 heteroatoms. The van der Waals surface area contributed by atoms with Gasteiger partial charge in [-0.1, -0.05) is 22.0 Å². The number of rotatable bonds is 7. The number of benzene rings is 1. The quantitative estimate of drug-likeness (QED) is 0.800. The maximum absolute atomic E-state index is 9.93. The number of aryl methyl sites for hydroxylation is 1. The number of oxazole rings is 1. The van der Waals surface area contributed by atoms with Gasteiger partial charge in [0.1, 0.15) is 24.2 Å². The third-order valence-corrected chi connectivity index (χ3v) is 3.40. The van der Waals surface area contributed by atoms with E-state index in [0.29, 0.717) is 12.4 Å². The van der Waals surface area contributed by atoms with Gasteiger partial charge in [0.15, 0.2) is 0 Å². The molecule has 1 aromatic heterocycles. The minimum atomic E-state index is -0.609. The Morgan fingerprint density at radius 3 is 2.95 bits per heavy atom. The lowest BCUT2D eigenvalue weighted by Crippen LogP contribution is -2.33. The molecule has 0 fully saturated rings. The van der Waals surface area contributed by atoms with Crippen LogP contribution in [-0.2, 0) is 0 Å². The van der Waals surface area contributed by atoms with Gasteiger partial charge >= 0.3 is 0 Å². The molecule has 5 nitrogen and oxygen atoms in total. The van der Waals surface area contributed by atoms with Crippen LogP contribution in [0, 0.1) is 6.92 Å². The average molecular weight is 355 g/mol. The molecule has 2 N–H and O–H groups in total. The zero-order valence-electron chi connectivity index (χ0n) is 12.0. The van der Waals surface area contributed by atoms with E-state index in [9.17, 15) is 5.11 Å². The summed E-state index contributed by atoms with van der Waals surface area (Å²) in [7, 11) is 0. The van der Waals surface area contributed by atoms with Crippen LogP contribution in [0.25, 0.3) is 0 Å². The third-order valence-electron chi connectivity index (χ3n) is 2.91. The highest BCUT2D eigenvalue weighted by molar-refractivity contribution is 9.10. The molecule has 0 amide bonds. The van der Waals surface area contributed by atoms with Crippen LogP contribution < -0.4 is 10.1 Å². The lowest BCUT2D eigenvalue weighted by Gasteiger charge is -2.15. The minimum absolute atomic E-state index is 0.0563. The maximum Gasteiger partial charge on any atom is 0.211 e. The van der Waals surface area contributed by atoms with Gasteiger partial charge < -0.3 is 19.6 Å².